The molecule has 0 atom stereocenters. The van der Waals surface area contributed by atoms with Crippen LogP contribution in [0.5, 0.6) is 5.75 Å². The van der Waals surface area contributed by atoms with Crippen molar-refractivity contribution in [3.05, 3.63) is 30.1 Å². The van der Waals surface area contributed by atoms with Crippen molar-refractivity contribution < 1.29 is 22.4 Å². The maximum absolute atomic E-state index is 12.0. The second-order valence-electron chi connectivity index (χ2n) is 4.62. The molecule has 1 heterocycles. The van der Waals surface area contributed by atoms with Crippen LogP contribution in [0.3, 0.4) is 0 Å². The first kappa shape index (κ1) is 15.3. The largest absolute Gasteiger partial charge is 0.573 e. The van der Waals surface area contributed by atoms with E-state index >= 15 is 0 Å². The van der Waals surface area contributed by atoms with Gasteiger partial charge in [-0.2, -0.15) is 4.98 Å². The van der Waals surface area contributed by atoms with E-state index in [1.807, 2.05) is 13.8 Å². The first-order valence-corrected chi connectivity index (χ1v) is 6.25. The summed E-state index contributed by atoms with van der Waals surface area (Å²) < 4.78 is 45.0. The molecule has 21 heavy (non-hydrogen) atoms. The van der Waals surface area contributed by atoms with Crippen LogP contribution >= 0.6 is 0 Å². The zero-order chi connectivity index (χ0) is 15.5. The van der Waals surface area contributed by atoms with Gasteiger partial charge in [0.1, 0.15) is 5.75 Å². The lowest BCUT2D eigenvalue weighted by molar-refractivity contribution is -0.274. The van der Waals surface area contributed by atoms with Gasteiger partial charge in [-0.3, -0.25) is 0 Å². The molecule has 0 spiro atoms. The topological polar surface area (TPSA) is 60.2 Å². The number of nitrogens with zero attached hydrogens (tertiary/aromatic N) is 2. The van der Waals surface area contributed by atoms with E-state index in [9.17, 15) is 13.2 Å². The van der Waals surface area contributed by atoms with Crippen molar-refractivity contribution in [2.75, 3.05) is 0 Å². The molecule has 0 unspecified atom stereocenters. The molecule has 5 nitrogen and oxygen atoms in total. The molecule has 0 aliphatic carbocycles. The molecule has 114 valence electrons. The van der Waals surface area contributed by atoms with Gasteiger partial charge in [-0.1, -0.05) is 19.0 Å². The van der Waals surface area contributed by atoms with Crippen LogP contribution in [0, 0.1) is 0 Å². The standard InChI is InChI=1S/C13H14F3N3O2/c1-8(2)17-7-11-18-12(21-19-11)9-3-5-10(6-4-9)20-13(14,15)16/h3-6,8,17H,7H2,1-2H3. The van der Waals surface area contributed by atoms with Crippen molar-refractivity contribution in [3.63, 3.8) is 0 Å². The van der Waals surface area contributed by atoms with Crippen molar-refractivity contribution in [1.29, 1.82) is 0 Å². The fourth-order valence-corrected chi connectivity index (χ4v) is 1.54. The summed E-state index contributed by atoms with van der Waals surface area (Å²) in [6, 6.07) is 5.52. The van der Waals surface area contributed by atoms with Gasteiger partial charge in [-0.05, 0) is 24.3 Å². The number of benzene rings is 1. The third-order valence-electron chi connectivity index (χ3n) is 2.47. The molecule has 0 saturated heterocycles. The Bertz CT molecular complexity index is 579. The summed E-state index contributed by atoms with van der Waals surface area (Å²) in [6.07, 6.45) is -4.71. The highest BCUT2D eigenvalue weighted by Gasteiger charge is 2.31. The van der Waals surface area contributed by atoms with Gasteiger partial charge < -0.3 is 14.6 Å². The Morgan fingerprint density at radius 1 is 1.24 bits per heavy atom. The smallest absolute Gasteiger partial charge is 0.406 e. The molecule has 0 radical (unpaired) electrons. The highest BCUT2D eigenvalue weighted by Crippen LogP contribution is 2.25. The predicted molar refractivity (Wildman–Crippen MR) is 68.4 cm³/mol. The number of halogens is 3. The van der Waals surface area contributed by atoms with E-state index in [2.05, 4.69) is 20.2 Å². The quantitative estimate of drug-likeness (QED) is 0.919. The second kappa shape index (κ2) is 6.13. The van der Waals surface area contributed by atoms with Gasteiger partial charge in [0.25, 0.3) is 5.89 Å². The highest BCUT2D eigenvalue weighted by molar-refractivity contribution is 5.54. The lowest BCUT2D eigenvalue weighted by atomic mass is 10.2. The number of aromatic nitrogens is 2. The maximum atomic E-state index is 12.0. The molecule has 2 aromatic rings. The molecular weight excluding hydrogens is 287 g/mol. The summed E-state index contributed by atoms with van der Waals surface area (Å²) in [5.41, 5.74) is 0.521. The van der Waals surface area contributed by atoms with E-state index in [1.54, 1.807) is 0 Å². The van der Waals surface area contributed by atoms with Crippen LogP contribution < -0.4 is 10.1 Å². The van der Waals surface area contributed by atoms with Gasteiger partial charge in [0, 0.05) is 11.6 Å². The van der Waals surface area contributed by atoms with E-state index in [-0.39, 0.29) is 17.7 Å². The Kier molecular flexibility index (Phi) is 4.46. The first-order chi connectivity index (χ1) is 9.83. The zero-order valence-corrected chi connectivity index (χ0v) is 11.4. The van der Waals surface area contributed by atoms with Crippen molar-refractivity contribution in [2.24, 2.45) is 0 Å². The average Bonchev–Trinajstić information content (AvgIpc) is 2.84. The zero-order valence-electron chi connectivity index (χ0n) is 11.4. The van der Waals surface area contributed by atoms with Gasteiger partial charge in [0.15, 0.2) is 5.82 Å². The molecule has 1 N–H and O–H groups in total. The lowest BCUT2D eigenvalue weighted by Crippen LogP contribution is -2.22. The Hall–Kier alpha value is -2.09. The van der Waals surface area contributed by atoms with Gasteiger partial charge in [0.05, 0.1) is 6.54 Å². The summed E-state index contributed by atoms with van der Waals surface area (Å²) in [5, 5.41) is 6.92. The molecule has 1 aromatic heterocycles. The first-order valence-electron chi connectivity index (χ1n) is 6.25. The average molecular weight is 301 g/mol. The van der Waals surface area contributed by atoms with Crippen molar-refractivity contribution in [1.82, 2.24) is 15.5 Å². The Labute approximate surface area is 119 Å². The molecule has 1 aromatic carbocycles. The number of alkyl halides is 3. The minimum atomic E-state index is -4.71. The summed E-state index contributed by atoms with van der Waals surface area (Å²) in [6.45, 7) is 4.43. The van der Waals surface area contributed by atoms with Crippen LogP contribution in [0.25, 0.3) is 11.5 Å². The summed E-state index contributed by atoms with van der Waals surface area (Å²) in [4.78, 5) is 4.15. The summed E-state index contributed by atoms with van der Waals surface area (Å²) in [5.74, 6) is 0.427. The number of rotatable bonds is 5. The minimum Gasteiger partial charge on any atom is -0.406 e. The molecule has 0 bridgehead atoms. The maximum Gasteiger partial charge on any atom is 0.573 e. The molecular formula is C13H14F3N3O2. The van der Waals surface area contributed by atoms with Crippen LogP contribution in [-0.4, -0.2) is 22.5 Å². The number of nitrogens with one attached hydrogen (secondary N) is 1. The Morgan fingerprint density at radius 3 is 2.48 bits per heavy atom. The van der Waals surface area contributed by atoms with E-state index in [0.717, 1.165) is 0 Å². The number of hydrogen-bond donors (Lipinski definition) is 1. The molecule has 0 fully saturated rings. The Morgan fingerprint density at radius 2 is 1.90 bits per heavy atom. The third kappa shape index (κ3) is 4.75. The highest BCUT2D eigenvalue weighted by atomic mass is 19.4. The van der Waals surface area contributed by atoms with Crippen molar-refractivity contribution in [3.8, 4) is 17.2 Å². The van der Waals surface area contributed by atoms with Crippen LogP contribution in [-0.2, 0) is 6.54 Å². The van der Waals surface area contributed by atoms with Crippen molar-refractivity contribution in [2.45, 2.75) is 32.8 Å². The van der Waals surface area contributed by atoms with Gasteiger partial charge in [-0.15, -0.1) is 13.2 Å². The summed E-state index contributed by atoms with van der Waals surface area (Å²) >= 11 is 0. The van der Waals surface area contributed by atoms with Gasteiger partial charge >= 0.3 is 6.36 Å². The van der Waals surface area contributed by atoms with E-state index in [4.69, 9.17) is 4.52 Å². The molecule has 2 rings (SSSR count). The summed E-state index contributed by atoms with van der Waals surface area (Å²) in [7, 11) is 0. The normalized spacial score (nSPS) is 11.9. The van der Waals surface area contributed by atoms with Crippen molar-refractivity contribution >= 4 is 0 Å². The fourth-order valence-electron chi connectivity index (χ4n) is 1.54. The molecule has 0 aliphatic rings. The number of ether oxygens (including phenoxy) is 1. The predicted octanol–water partition coefficient (Wildman–Crippen LogP) is 3.13. The van der Waals surface area contributed by atoms with Crippen LogP contribution in [0.4, 0.5) is 13.2 Å². The molecule has 0 aliphatic heterocycles. The Balaban J connectivity index is 2.05. The van der Waals surface area contributed by atoms with E-state index in [1.165, 1.54) is 24.3 Å². The number of hydrogen-bond acceptors (Lipinski definition) is 5. The van der Waals surface area contributed by atoms with Crippen LogP contribution in [0.2, 0.25) is 0 Å². The molecule has 0 amide bonds. The van der Waals surface area contributed by atoms with Crippen LogP contribution in [0.1, 0.15) is 19.7 Å². The molecule has 8 heteroatoms. The lowest BCUT2D eigenvalue weighted by Gasteiger charge is -2.08. The SMILES string of the molecule is CC(C)NCc1noc(-c2ccc(OC(F)(F)F)cc2)n1. The fraction of sp³-hybridized carbons (Fsp3) is 0.385. The monoisotopic (exact) mass is 301 g/mol. The van der Waals surface area contributed by atoms with E-state index in [0.29, 0.717) is 17.9 Å². The van der Waals surface area contributed by atoms with Gasteiger partial charge in [-0.25, -0.2) is 0 Å². The molecule has 0 saturated carbocycles. The van der Waals surface area contributed by atoms with Crippen LogP contribution in [0.15, 0.2) is 28.8 Å². The second-order valence-corrected chi connectivity index (χ2v) is 4.62. The van der Waals surface area contributed by atoms with E-state index < -0.39 is 6.36 Å². The third-order valence-corrected chi connectivity index (χ3v) is 2.47. The minimum absolute atomic E-state index is 0.245. The van der Waals surface area contributed by atoms with Gasteiger partial charge in [0.2, 0.25) is 0 Å².